The number of alkyl halides is 6. The monoisotopic (exact) mass is 536 g/mol. The zero-order chi connectivity index (χ0) is 21.6. The second-order valence-electron chi connectivity index (χ2n) is 4.97. The Morgan fingerprint density at radius 1 is 0.679 bits per heavy atom. The molecule has 0 bridgehead atoms. The summed E-state index contributed by atoms with van der Waals surface area (Å²) in [5, 5.41) is 0. The van der Waals surface area contributed by atoms with Crippen LogP contribution in [0.25, 0.3) is 0 Å². The van der Waals surface area contributed by atoms with E-state index in [1.165, 1.54) is 21.6 Å². The second kappa shape index (κ2) is 10.9. The van der Waals surface area contributed by atoms with E-state index in [4.69, 9.17) is 0 Å². The molecule has 0 aromatic carbocycles. The summed E-state index contributed by atoms with van der Waals surface area (Å²) in [5.41, 5.74) is -12.5. The Bertz CT molecular complexity index is 621. The van der Waals surface area contributed by atoms with Crippen LogP contribution in [0.15, 0.2) is 0 Å². The third-order valence-electron chi connectivity index (χ3n) is 2.72. The Morgan fingerprint density at radius 2 is 1.00 bits per heavy atom. The topological polar surface area (TPSA) is 86.7 Å². The van der Waals surface area contributed by atoms with E-state index in [1.54, 1.807) is 0 Å². The second-order valence-corrected chi connectivity index (χ2v) is 13.4. The quantitative estimate of drug-likeness (QED) is 0.218. The Labute approximate surface area is 173 Å². The number of rotatable bonds is 4. The molecule has 28 heavy (non-hydrogen) atoms. The first kappa shape index (κ1) is 26.8. The Hall–Kier alpha value is 0.800. The van der Waals surface area contributed by atoms with Crippen molar-refractivity contribution >= 4 is 63.4 Å². The highest BCUT2D eigenvalue weighted by Gasteiger charge is 2.49. The summed E-state index contributed by atoms with van der Waals surface area (Å²) < 4.78 is 121. The fourth-order valence-electron chi connectivity index (χ4n) is 1.48. The summed E-state index contributed by atoms with van der Waals surface area (Å²) >= 11 is 0. The molecule has 2 unspecified atom stereocenters. The lowest BCUT2D eigenvalue weighted by molar-refractivity contribution is -0.0555. The van der Waals surface area contributed by atoms with Crippen molar-refractivity contribution in [3.63, 3.8) is 0 Å². The zero-order valence-corrected chi connectivity index (χ0v) is 18.5. The molecular formula is C10H14F6O6S6. The molecule has 2 rings (SSSR count). The lowest BCUT2D eigenvalue weighted by Crippen LogP contribution is -2.29. The van der Waals surface area contributed by atoms with Gasteiger partial charge in [-0.15, -0.1) is 0 Å². The van der Waals surface area contributed by atoms with Gasteiger partial charge < -0.3 is 0 Å². The molecule has 0 spiro atoms. The van der Waals surface area contributed by atoms with Crippen molar-refractivity contribution in [2.45, 2.75) is 47.6 Å². The molecule has 0 saturated carbocycles. The molecule has 18 heteroatoms. The summed E-state index contributed by atoms with van der Waals surface area (Å²) in [6.45, 7) is 0. The standard InChI is InChI=1S/2C5H7F3O3S3/c2*6-5(7,8)14(9,10)11-4-2-1-3-12-13-4/h2*4H,1-3H2. The largest absolute Gasteiger partial charge is 0.523 e. The van der Waals surface area contributed by atoms with Gasteiger partial charge in [0.25, 0.3) is 0 Å². The van der Waals surface area contributed by atoms with Crippen LogP contribution in [0.5, 0.6) is 0 Å². The van der Waals surface area contributed by atoms with Crippen molar-refractivity contribution < 1.29 is 51.5 Å². The van der Waals surface area contributed by atoms with Crippen molar-refractivity contribution in [3.05, 3.63) is 0 Å². The van der Waals surface area contributed by atoms with Gasteiger partial charge in [0.2, 0.25) is 0 Å². The molecule has 0 aromatic heterocycles. The van der Waals surface area contributed by atoms with Gasteiger partial charge in [-0.3, -0.25) is 0 Å². The minimum Gasteiger partial charge on any atom is -0.248 e. The highest BCUT2D eigenvalue weighted by Crippen LogP contribution is 2.40. The number of hydrogen-bond donors (Lipinski definition) is 0. The van der Waals surface area contributed by atoms with Gasteiger partial charge in [-0.1, -0.05) is 43.2 Å². The molecule has 2 atom stereocenters. The molecule has 0 aliphatic carbocycles. The van der Waals surface area contributed by atoms with Crippen molar-refractivity contribution in [1.82, 2.24) is 0 Å². The van der Waals surface area contributed by atoms with Crippen molar-refractivity contribution in [1.29, 1.82) is 0 Å². The third-order valence-corrected chi connectivity index (χ3v) is 10.4. The molecule has 0 radical (unpaired) electrons. The fraction of sp³-hybridized carbons (Fsp3) is 1.00. The molecular weight excluding hydrogens is 522 g/mol. The predicted octanol–water partition coefficient (Wildman–Crippen LogP) is 4.71. The summed E-state index contributed by atoms with van der Waals surface area (Å²) in [6.07, 6.45) is 1.98. The average Bonchev–Trinajstić information content (AvgIpc) is 2.54. The summed E-state index contributed by atoms with van der Waals surface area (Å²) in [4.78, 5) is 0. The highest BCUT2D eigenvalue weighted by atomic mass is 33.1. The van der Waals surface area contributed by atoms with Gasteiger partial charge in [0.1, 0.15) is 10.9 Å². The Morgan fingerprint density at radius 3 is 1.21 bits per heavy atom. The van der Waals surface area contributed by atoms with Gasteiger partial charge in [-0.05, 0) is 25.7 Å². The van der Waals surface area contributed by atoms with Gasteiger partial charge in [0, 0.05) is 11.5 Å². The minimum atomic E-state index is -5.43. The smallest absolute Gasteiger partial charge is 0.248 e. The van der Waals surface area contributed by atoms with E-state index in [1.807, 2.05) is 0 Å². The first-order valence-electron chi connectivity index (χ1n) is 7.21. The van der Waals surface area contributed by atoms with Crippen LogP contribution in [0.4, 0.5) is 26.3 Å². The molecule has 2 aliphatic rings. The molecule has 168 valence electrons. The first-order chi connectivity index (χ1) is 12.7. The summed E-state index contributed by atoms with van der Waals surface area (Å²) in [7, 11) is -6.19. The molecule has 2 aliphatic heterocycles. The number of halogens is 6. The SMILES string of the molecule is O=S(=O)(OC1CCCSS1)C(F)(F)F.O=S(=O)(OC1CCCSS1)C(F)(F)F. The van der Waals surface area contributed by atoms with Crippen LogP contribution >= 0.6 is 43.2 Å². The maximum atomic E-state index is 11.9. The van der Waals surface area contributed by atoms with Gasteiger partial charge in [0.15, 0.2) is 0 Å². The zero-order valence-electron chi connectivity index (χ0n) is 13.6. The van der Waals surface area contributed by atoms with Crippen LogP contribution in [0.1, 0.15) is 25.7 Å². The van der Waals surface area contributed by atoms with Crippen LogP contribution in [-0.2, 0) is 28.6 Å². The maximum absolute atomic E-state index is 11.9. The van der Waals surface area contributed by atoms with Crippen molar-refractivity contribution in [3.8, 4) is 0 Å². The van der Waals surface area contributed by atoms with Gasteiger partial charge in [-0.25, -0.2) is 8.37 Å². The lowest BCUT2D eigenvalue weighted by Gasteiger charge is -2.20. The van der Waals surface area contributed by atoms with E-state index in [-0.39, 0.29) is 0 Å². The summed E-state index contributed by atoms with van der Waals surface area (Å²) in [5.74, 6) is 1.60. The van der Waals surface area contributed by atoms with E-state index >= 15 is 0 Å². The van der Waals surface area contributed by atoms with Crippen LogP contribution < -0.4 is 0 Å². The molecule has 0 aromatic rings. The Balaban J connectivity index is 0.000000280. The highest BCUT2D eigenvalue weighted by molar-refractivity contribution is 8.77. The molecule has 2 saturated heterocycles. The van der Waals surface area contributed by atoms with Crippen LogP contribution in [-0.4, -0.2) is 50.2 Å². The maximum Gasteiger partial charge on any atom is 0.523 e. The lowest BCUT2D eigenvalue weighted by atomic mass is 10.4. The number of hydrogen-bond acceptors (Lipinski definition) is 10. The molecule has 2 heterocycles. The van der Waals surface area contributed by atoms with Crippen molar-refractivity contribution in [2.24, 2.45) is 0 Å². The molecule has 6 nitrogen and oxygen atoms in total. The third kappa shape index (κ3) is 8.89. The average molecular weight is 537 g/mol. The Kier molecular flexibility index (Phi) is 10.4. The fourth-order valence-corrected chi connectivity index (χ4v) is 8.28. The minimum absolute atomic E-state index is 0.326. The van der Waals surface area contributed by atoms with E-state index in [0.717, 1.165) is 33.1 Å². The van der Waals surface area contributed by atoms with E-state index in [9.17, 15) is 43.2 Å². The molecule has 0 N–H and O–H groups in total. The normalized spacial score (nSPS) is 24.9. The van der Waals surface area contributed by atoms with Gasteiger partial charge in [-0.2, -0.15) is 43.2 Å². The molecule has 2 fully saturated rings. The van der Waals surface area contributed by atoms with Crippen LogP contribution in [0, 0.1) is 0 Å². The molecule has 0 amide bonds. The predicted molar refractivity (Wildman–Crippen MR) is 98.3 cm³/mol. The van der Waals surface area contributed by atoms with Crippen molar-refractivity contribution in [2.75, 3.05) is 11.5 Å². The van der Waals surface area contributed by atoms with E-state index < -0.39 is 42.1 Å². The van der Waals surface area contributed by atoms with Crippen LogP contribution in [0.3, 0.4) is 0 Å². The summed E-state index contributed by atoms with van der Waals surface area (Å²) in [6, 6.07) is 0. The van der Waals surface area contributed by atoms with E-state index in [2.05, 4.69) is 8.37 Å². The van der Waals surface area contributed by atoms with E-state index in [0.29, 0.717) is 25.7 Å². The first-order valence-corrected chi connectivity index (χ1v) is 14.8. The van der Waals surface area contributed by atoms with Crippen LogP contribution in [0.2, 0.25) is 0 Å². The van der Waals surface area contributed by atoms with Gasteiger partial charge in [0.05, 0.1) is 0 Å². The van der Waals surface area contributed by atoms with Gasteiger partial charge >= 0.3 is 31.3 Å².